The third kappa shape index (κ3) is 5.98. The van der Waals surface area contributed by atoms with Gasteiger partial charge in [-0.3, -0.25) is 0 Å². The van der Waals surface area contributed by atoms with Crippen molar-refractivity contribution in [3.05, 3.63) is 181 Å². The summed E-state index contributed by atoms with van der Waals surface area (Å²) in [5, 5.41) is 7.81. The minimum absolute atomic E-state index is 0.0776. The molecule has 0 aromatic heterocycles. The molecule has 0 N–H and O–H groups in total. The fourth-order valence-corrected chi connectivity index (χ4v) is 9.84. The summed E-state index contributed by atoms with van der Waals surface area (Å²) in [5.41, 5.74) is 7.20. The normalized spacial score (nSPS) is 13.3. The molecular weight excluding hydrogens is 813 g/mol. The lowest BCUT2D eigenvalue weighted by molar-refractivity contribution is 0.0896. The van der Waals surface area contributed by atoms with Crippen LogP contribution in [0.1, 0.15) is 11.1 Å². The molecule has 13 rings (SSSR count). The predicted molar refractivity (Wildman–Crippen MR) is 253 cm³/mol. The number of hydrogen-bond donors (Lipinski definition) is 0. The maximum atomic E-state index is 6.82. The van der Waals surface area contributed by atoms with E-state index in [-0.39, 0.29) is 20.4 Å². The first kappa shape index (κ1) is 37.2. The van der Waals surface area contributed by atoms with Crippen LogP contribution >= 0.6 is 0 Å². The number of hydrogen-bond acceptors (Lipinski definition) is 8. The Morgan fingerprint density at radius 2 is 0.569 bits per heavy atom. The lowest BCUT2D eigenvalue weighted by Gasteiger charge is -2.22. The van der Waals surface area contributed by atoms with E-state index in [2.05, 4.69) is 109 Å². The molecule has 10 aromatic carbocycles. The summed E-state index contributed by atoms with van der Waals surface area (Å²) in [6, 6.07) is 57.8. The number of ether oxygens (including phenoxy) is 8. The van der Waals surface area contributed by atoms with Gasteiger partial charge in [-0.2, -0.15) is 0 Å². The second-order valence-corrected chi connectivity index (χ2v) is 16.3. The number of rotatable bonds is 6. The van der Waals surface area contributed by atoms with Gasteiger partial charge in [0.1, 0.15) is 13.2 Å². The Balaban J connectivity index is 1.07. The van der Waals surface area contributed by atoms with E-state index in [1.165, 1.54) is 0 Å². The van der Waals surface area contributed by atoms with Crippen molar-refractivity contribution in [2.75, 3.05) is 20.4 Å². The van der Waals surface area contributed by atoms with Crippen LogP contribution in [-0.4, -0.2) is 20.4 Å². The van der Waals surface area contributed by atoms with E-state index < -0.39 is 0 Å². The van der Waals surface area contributed by atoms with Gasteiger partial charge in [-0.25, -0.2) is 0 Å². The molecular formula is C57H38O8. The van der Waals surface area contributed by atoms with Gasteiger partial charge in [-0.1, -0.05) is 158 Å². The molecule has 0 atom stereocenters. The Kier molecular flexibility index (Phi) is 8.69. The summed E-state index contributed by atoms with van der Waals surface area (Å²) in [4.78, 5) is 0. The van der Waals surface area contributed by atoms with Gasteiger partial charge in [0, 0.05) is 33.4 Å². The summed E-state index contributed by atoms with van der Waals surface area (Å²) in [6.45, 7) is 0.471. The molecule has 0 amide bonds. The van der Waals surface area contributed by atoms with Crippen LogP contribution in [0.2, 0.25) is 0 Å². The fourth-order valence-electron chi connectivity index (χ4n) is 9.84. The molecule has 3 heterocycles. The maximum absolute atomic E-state index is 6.82. The lowest BCUT2D eigenvalue weighted by Crippen LogP contribution is -2.09. The standard InChI is InChI=1S/C57H38O8/c1-3-15-34(16-4-1)29-58-44-27-36-19-7-9-21-38(36)46-48-40-23-11-13-25-42(40)50-51-43-26-14-12-24-41(43)49-47-39-22-10-8-20-37(39)28-45(59-30-35-17-5-2-6-18-35)53(47)61-32-63-55(49)57(51)65-33-64-56(50)54(48)62-31-60-52(44)46/h1-28H,29-33H2. The first-order valence-corrected chi connectivity index (χ1v) is 21.7. The fraction of sp³-hybridized carbons (Fsp3) is 0.0877. The van der Waals surface area contributed by atoms with Gasteiger partial charge in [0.2, 0.25) is 20.4 Å². The Morgan fingerprint density at radius 3 is 0.923 bits per heavy atom. The summed E-state index contributed by atoms with van der Waals surface area (Å²) in [5.74, 6) is 4.67. The summed E-state index contributed by atoms with van der Waals surface area (Å²) in [6.07, 6.45) is 0. The van der Waals surface area contributed by atoms with E-state index in [1.807, 2.05) is 60.7 Å². The van der Waals surface area contributed by atoms with Crippen LogP contribution in [0.3, 0.4) is 0 Å². The molecule has 3 aliphatic heterocycles. The van der Waals surface area contributed by atoms with Crippen LogP contribution in [0.4, 0.5) is 0 Å². The summed E-state index contributed by atoms with van der Waals surface area (Å²) >= 11 is 0. The highest BCUT2D eigenvalue weighted by atomic mass is 16.7. The summed E-state index contributed by atoms with van der Waals surface area (Å²) < 4.78 is 53.6. The van der Waals surface area contributed by atoms with E-state index in [0.29, 0.717) is 59.2 Å². The van der Waals surface area contributed by atoms with Gasteiger partial charge in [-0.05, 0) is 66.3 Å². The Hall–Kier alpha value is -8.36. The molecule has 10 aromatic rings. The average Bonchev–Trinajstić information content (AvgIpc) is 3.80. The van der Waals surface area contributed by atoms with Crippen molar-refractivity contribution in [1.29, 1.82) is 0 Å². The SMILES string of the molecule is c1ccc(COc2cc3ccccc3c3c2OCOc2c4c(c5ccccc5c2-3)-c2c(c3c(c5ccccc25)-c2c(c(OCc5ccccc5)cc5ccccc25)OCO3)OCO4)cc1. The van der Waals surface area contributed by atoms with Crippen molar-refractivity contribution in [3.63, 3.8) is 0 Å². The molecule has 314 valence electrons. The van der Waals surface area contributed by atoms with Gasteiger partial charge in [-0.15, -0.1) is 0 Å². The molecule has 0 saturated carbocycles. The number of fused-ring (bicyclic) bond motifs is 21. The van der Waals surface area contributed by atoms with E-state index >= 15 is 0 Å². The van der Waals surface area contributed by atoms with E-state index in [1.54, 1.807) is 0 Å². The highest BCUT2D eigenvalue weighted by Crippen LogP contribution is 2.63. The van der Waals surface area contributed by atoms with Crippen LogP contribution < -0.4 is 37.9 Å². The van der Waals surface area contributed by atoms with Gasteiger partial charge < -0.3 is 37.9 Å². The first-order valence-electron chi connectivity index (χ1n) is 21.7. The predicted octanol–water partition coefficient (Wildman–Crippen LogP) is 13.6. The molecule has 8 nitrogen and oxygen atoms in total. The molecule has 65 heavy (non-hydrogen) atoms. The highest BCUT2D eigenvalue weighted by Gasteiger charge is 2.37. The zero-order valence-corrected chi connectivity index (χ0v) is 35.0. The molecule has 8 heteroatoms. The van der Waals surface area contributed by atoms with Crippen molar-refractivity contribution in [3.8, 4) is 79.4 Å². The zero-order valence-electron chi connectivity index (χ0n) is 35.0. The smallest absolute Gasteiger partial charge is 0.231 e. The zero-order chi connectivity index (χ0) is 42.8. The maximum Gasteiger partial charge on any atom is 0.231 e. The molecule has 0 saturated heterocycles. The van der Waals surface area contributed by atoms with Crippen LogP contribution in [0.25, 0.3) is 76.5 Å². The van der Waals surface area contributed by atoms with Crippen molar-refractivity contribution < 1.29 is 37.9 Å². The second-order valence-electron chi connectivity index (χ2n) is 16.3. The first-order chi connectivity index (χ1) is 32.3. The topological polar surface area (TPSA) is 73.8 Å². The van der Waals surface area contributed by atoms with Gasteiger partial charge in [0.25, 0.3) is 0 Å². The molecule has 0 bridgehead atoms. The number of benzene rings is 10. The molecule has 3 aliphatic rings. The Morgan fingerprint density at radius 1 is 0.292 bits per heavy atom. The van der Waals surface area contributed by atoms with Crippen LogP contribution in [-0.2, 0) is 13.2 Å². The minimum Gasteiger partial charge on any atom is -0.485 e. The molecule has 0 radical (unpaired) electrons. The summed E-state index contributed by atoms with van der Waals surface area (Å²) in [7, 11) is 0. The molecule has 0 spiro atoms. The Labute approximate surface area is 373 Å². The molecule has 0 unspecified atom stereocenters. The quantitative estimate of drug-likeness (QED) is 0.164. The average molecular weight is 851 g/mol. The van der Waals surface area contributed by atoms with Crippen molar-refractivity contribution in [2.45, 2.75) is 13.2 Å². The Bertz CT molecular complexity index is 3300. The second kappa shape index (κ2) is 15.2. The van der Waals surface area contributed by atoms with Gasteiger partial charge in [0.15, 0.2) is 46.0 Å². The van der Waals surface area contributed by atoms with Crippen molar-refractivity contribution in [1.82, 2.24) is 0 Å². The third-order valence-corrected chi connectivity index (χ3v) is 12.6. The largest absolute Gasteiger partial charge is 0.485 e. The van der Waals surface area contributed by atoms with E-state index in [9.17, 15) is 0 Å². The van der Waals surface area contributed by atoms with E-state index in [0.717, 1.165) is 87.6 Å². The van der Waals surface area contributed by atoms with Crippen LogP contribution in [0, 0.1) is 0 Å². The van der Waals surface area contributed by atoms with Gasteiger partial charge in [0.05, 0.1) is 0 Å². The van der Waals surface area contributed by atoms with Crippen LogP contribution in [0.15, 0.2) is 170 Å². The van der Waals surface area contributed by atoms with Crippen LogP contribution in [0.5, 0.6) is 46.0 Å². The highest BCUT2D eigenvalue weighted by molar-refractivity contribution is 6.22. The third-order valence-electron chi connectivity index (χ3n) is 12.6. The van der Waals surface area contributed by atoms with Gasteiger partial charge >= 0.3 is 0 Å². The monoisotopic (exact) mass is 850 g/mol. The van der Waals surface area contributed by atoms with Crippen molar-refractivity contribution >= 4 is 43.1 Å². The molecule has 0 aliphatic carbocycles. The lowest BCUT2D eigenvalue weighted by atomic mass is 9.84. The van der Waals surface area contributed by atoms with Crippen molar-refractivity contribution in [2.24, 2.45) is 0 Å². The molecule has 0 fully saturated rings. The van der Waals surface area contributed by atoms with E-state index in [4.69, 9.17) is 37.9 Å². The minimum atomic E-state index is -0.119.